The van der Waals surface area contributed by atoms with Gasteiger partial charge in [-0.05, 0) is 47.9 Å². The van der Waals surface area contributed by atoms with Gasteiger partial charge in [0.2, 0.25) is 0 Å². The second kappa shape index (κ2) is 5.56. The quantitative estimate of drug-likeness (QED) is 0.676. The number of allylic oxidation sites excluding steroid dienone is 2. The Labute approximate surface area is 139 Å². The van der Waals surface area contributed by atoms with E-state index in [0.717, 1.165) is 0 Å². The normalized spacial score (nSPS) is 25.1. The highest BCUT2D eigenvalue weighted by molar-refractivity contribution is 5.60. The van der Waals surface area contributed by atoms with Gasteiger partial charge in [-0.3, -0.25) is 0 Å². The third kappa shape index (κ3) is 2.49. The molecule has 1 heterocycles. The molecule has 2 aromatic carbocycles. The minimum Gasteiger partial charge on any atom is -0.378 e. The maximum Gasteiger partial charge on any atom is 0.0553 e. The van der Waals surface area contributed by atoms with Crippen molar-refractivity contribution < 1.29 is 0 Å². The number of anilines is 1. The molecule has 2 aromatic rings. The predicted molar refractivity (Wildman–Crippen MR) is 98.1 cm³/mol. The Morgan fingerprint density at radius 3 is 2.57 bits per heavy atom. The summed E-state index contributed by atoms with van der Waals surface area (Å²) in [6, 6.07) is 16.5. The smallest absolute Gasteiger partial charge is 0.0553 e. The van der Waals surface area contributed by atoms with E-state index in [-0.39, 0.29) is 0 Å². The average molecular weight is 303 g/mol. The number of aryl methyl sites for hydroxylation is 1. The molecule has 1 heteroatoms. The van der Waals surface area contributed by atoms with Gasteiger partial charge in [0.15, 0.2) is 0 Å². The molecule has 3 atom stereocenters. The number of rotatable bonds is 2. The summed E-state index contributed by atoms with van der Waals surface area (Å²) in [6.45, 7) is 6.69. The molecule has 0 amide bonds. The number of benzene rings is 2. The first-order valence-corrected chi connectivity index (χ1v) is 8.77. The molecule has 1 N–H and O–H groups in total. The van der Waals surface area contributed by atoms with E-state index in [2.05, 4.69) is 80.7 Å². The van der Waals surface area contributed by atoms with Crippen molar-refractivity contribution in [3.05, 3.63) is 76.9 Å². The Morgan fingerprint density at radius 2 is 1.83 bits per heavy atom. The van der Waals surface area contributed by atoms with E-state index in [4.69, 9.17) is 0 Å². The zero-order valence-electron chi connectivity index (χ0n) is 14.2. The lowest BCUT2D eigenvalue weighted by Crippen LogP contribution is -2.29. The summed E-state index contributed by atoms with van der Waals surface area (Å²) in [6.07, 6.45) is 5.95. The topological polar surface area (TPSA) is 12.0 Å². The molecule has 1 aliphatic heterocycles. The maximum atomic E-state index is 3.82. The number of nitrogens with one attached hydrogen (secondary N) is 1. The first kappa shape index (κ1) is 14.6. The number of hydrogen-bond acceptors (Lipinski definition) is 1. The minimum atomic E-state index is 0.409. The standard InChI is InChI=1S/C22H25N/c1-14(2)16-8-10-17(11-9-16)22-19-6-4-5-18(19)20-13-15(3)7-12-21(20)23-22/h4-5,7-14,18-19,22-23H,6H2,1-3H3. The van der Waals surface area contributed by atoms with Crippen molar-refractivity contribution in [2.24, 2.45) is 5.92 Å². The maximum absolute atomic E-state index is 3.82. The van der Waals surface area contributed by atoms with Crippen molar-refractivity contribution in [2.45, 2.75) is 45.1 Å². The van der Waals surface area contributed by atoms with Crippen LogP contribution in [-0.4, -0.2) is 0 Å². The summed E-state index contributed by atoms with van der Waals surface area (Å²) in [7, 11) is 0. The van der Waals surface area contributed by atoms with Crippen molar-refractivity contribution in [2.75, 3.05) is 5.32 Å². The molecule has 3 unspecified atom stereocenters. The van der Waals surface area contributed by atoms with Gasteiger partial charge >= 0.3 is 0 Å². The van der Waals surface area contributed by atoms with Crippen LogP contribution in [0.1, 0.15) is 60.4 Å². The van der Waals surface area contributed by atoms with Crippen molar-refractivity contribution >= 4 is 5.69 Å². The Bertz CT molecular complexity index is 739. The van der Waals surface area contributed by atoms with Gasteiger partial charge in [-0.15, -0.1) is 0 Å². The molecule has 0 fully saturated rings. The molecule has 0 saturated carbocycles. The average Bonchev–Trinajstić information content (AvgIpc) is 3.04. The molecule has 23 heavy (non-hydrogen) atoms. The van der Waals surface area contributed by atoms with Crippen LogP contribution in [0, 0.1) is 12.8 Å². The van der Waals surface area contributed by atoms with Crippen molar-refractivity contribution in [1.29, 1.82) is 0 Å². The van der Waals surface area contributed by atoms with Gasteiger partial charge in [0.05, 0.1) is 6.04 Å². The third-order valence-electron chi connectivity index (χ3n) is 5.48. The van der Waals surface area contributed by atoms with E-state index >= 15 is 0 Å². The van der Waals surface area contributed by atoms with Gasteiger partial charge in [-0.25, -0.2) is 0 Å². The molecule has 2 aliphatic rings. The Morgan fingerprint density at radius 1 is 1.04 bits per heavy atom. The van der Waals surface area contributed by atoms with Gasteiger partial charge < -0.3 is 5.32 Å². The predicted octanol–water partition coefficient (Wildman–Crippen LogP) is 5.94. The molecule has 0 spiro atoms. The van der Waals surface area contributed by atoms with Crippen LogP contribution in [0.4, 0.5) is 5.69 Å². The zero-order chi connectivity index (χ0) is 16.0. The van der Waals surface area contributed by atoms with Crippen molar-refractivity contribution in [3.63, 3.8) is 0 Å². The molecular formula is C22H25N. The van der Waals surface area contributed by atoms with E-state index in [0.29, 0.717) is 23.8 Å². The molecule has 0 radical (unpaired) electrons. The lowest BCUT2D eigenvalue weighted by molar-refractivity contribution is 0.425. The van der Waals surface area contributed by atoms with Crippen LogP contribution in [0.2, 0.25) is 0 Å². The lowest BCUT2D eigenvalue weighted by Gasteiger charge is -2.37. The van der Waals surface area contributed by atoms with Crippen LogP contribution < -0.4 is 5.32 Å². The van der Waals surface area contributed by atoms with Gasteiger partial charge in [0.25, 0.3) is 0 Å². The molecular weight excluding hydrogens is 278 g/mol. The van der Waals surface area contributed by atoms with Gasteiger partial charge in [0, 0.05) is 11.6 Å². The second-order valence-electron chi connectivity index (χ2n) is 7.39. The Hall–Kier alpha value is -2.02. The minimum absolute atomic E-state index is 0.409. The molecule has 1 nitrogen and oxygen atoms in total. The molecule has 0 saturated heterocycles. The van der Waals surface area contributed by atoms with Gasteiger partial charge in [0.1, 0.15) is 0 Å². The fraction of sp³-hybridized carbons (Fsp3) is 0.364. The van der Waals surface area contributed by atoms with Crippen LogP contribution in [0.3, 0.4) is 0 Å². The van der Waals surface area contributed by atoms with E-state index in [1.807, 2.05) is 0 Å². The molecule has 4 rings (SSSR count). The summed E-state index contributed by atoms with van der Waals surface area (Å²) in [5.74, 6) is 1.78. The van der Waals surface area contributed by atoms with Crippen molar-refractivity contribution in [1.82, 2.24) is 0 Å². The third-order valence-corrected chi connectivity index (χ3v) is 5.48. The van der Waals surface area contributed by atoms with Crippen LogP contribution in [0.15, 0.2) is 54.6 Å². The zero-order valence-corrected chi connectivity index (χ0v) is 14.2. The number of fused-ring (bicyclic) bond motifs is 3. The summed E-state index contributed by atoms with van der Waals surface area (Å²) in [4.78, 5) is 0. The van der Waals surface area contributed by atoms with Crippen LogP contribution >= 0.6 is 0 Å². The highest BCUT2D eigenvalue weighted by Gasteiger charge is 2.37. The second-order valence-corrected chi connectivity index (χ2v) is 7.39. The number of hydrogen-bond donors (Lipinski definition) is 1. The highest BCUT2D eigenvalue weighted by atomic mass is 15.0. The van der Waals surface area contributed by atoms with Crippen molar-refractivity contribution in [3.8, 4) is 0 Å². The van der Waals surface area contributed by atoms with Crippen LogP contribution in [-0.2, 0) is 0 Å². The first-order chi connectivity index (χ1) is 11.1. The van der Waals surface area contributed by atoms with Gasteiger partial charge in [-0.1, -0.05) is 68.0 Å². The SMILES string of the molecule is Cc1ccc2c(c1)C1C=CCC1C(c1ccc(C(C)C)cc1)N2. The van der Waals surface area contributed by atoms with E-state index in [1.165, 1.54) is 34.4 Å². The summed E-state index contributed by atoms with van der Waals surface area (Å²) >= 11 is 0. The monoisotopic (exact) mass is 303 g/mol. The largest absolute Gasteiger partial charge is 0.378 e. The Balaban J connectivity index is 1.71. The lowest BCUT2D eigenvalue weighted by atomic mass is 9.76. The summed E-state index contributed by atoms with van der Waals surface area (Å²) in [5.41, 5.74) is 6.96. The molecule has 118 valence electrons. The fourth-order valence-electron chi connectivity index (χ4n) is 4.13. The highest BCUT2D eigenvalue weighted by Crippen LogP contribution is 2.49. The molecule has 0 bridgehead atoms. The van der Waals surface area contributed by atoms with Crippen LogP contribution in [0.25, 0.3) is 0 Å². The first-order valence-electron chi connectivity index (χ1n) is 8.77. The van der Waals surface area contributed by atoms with E-state index in [1.54, 1.807) is 0 Å². The van der Waals surface area contributed by atoms with Crippen LogP contribution in [0.5, 0.6) is 0 Å². The molecule has 1 aliphatic carbocycles. The fourth-order valence-corrected chi connectivity index (χ4v) is 4.13. The van der Waals surface area contributed by atoms with E-state index in [9.17, 15) is 0 Å². The Kier molecular flexibility index (Phi) is 3.52. The van der Waals surface area contributed by atoms with Gasteiger partial charge in [-0.2, -0.15) is 0 Å². The molecule has 0 aromatic heterocycles. The summed E-state index contributed by atoms with van der Waals surface area (Å²) in [5, 5.41) is 3.82. The summed E-state index contributed by atoms with van der Waals surface area (Å²) < 4.78 is 0. The van der Waals surface area contributed by atoms with E-state index < -0.39 is 0 Å².